The molecule has 0 unspecified atom stereocenters. The van der Waals surface area contributed by atoms with Crippen molar-refractivity contribution in [2.75, 3.05) is 13.2 Å². The lowest BCUT2D eigenvalue weighted by Gasteiger charge is -2.17. The molecule has 1 atom stereocenters. The van der Waals surface area contributed by atoms with Crippen LogP contribution in [0.25, 0.3) is 15.9 Å². The van der Waals surface area contributed by atoms with Crippen molar-refractivity contribution in [2.45, 2.75) is 32.6 Å². The summed E-state index contributed by atoms with van der Waals surface area (Å²) in [6, 6.07) is 0. The van der Waals surface area contributed by atoms with Gasteiger partial charge in [0.15, 0.2) is 5.65 Å². The molecule has 1 aliphatic carbocycles. The highest BCUT2D eigenvalue weighted by Gasteiger charge is 2.24. The molecule has 3 aromatic rings. The molecule has 0 aromatic carbocycles. The Bertz CT molecular complexity index is 916. The van der Waals surface area contributed by atoms with Crippen LogP contribution in [0.4, 0.5) is 0 Å². The van der Waals surface area contributed by atoms with Gasteiger partial charge in [-0.05, 0) is 37.2 Å². The van der Waals surface area contributed by atoms with E-state index in [4.69, 9.17) is 5.11 Å². The molecule has 1 amide bonds. The van der Waals surface area contributed by atoms with Gasteiger partial charge in [0, 0.05) is 18.0 Å². The third kappa shape index (κ3) is 2.55. The van der Waals surface area contributed by atoms with E-state index in [1.807, 2.05) is 0 Å². The largest absolute Gasteiger partial charge is 0.396 e. The van der Waals surface area contributed by atoms with E-state index in [0.717, 1.165) is 23.1 Å². The van der Waals surface area contributed by atoms with E-state index in [9.17, 15) is 4.79 Å². The average Bonchev–Trinajstić information content (AvgIpc) is 3.15. The fourth-order valence-corrected chi connectivity index (χ4v) is 4.38. The van der Waals surface area contributed by atoms with Crippen LogP contribution in [0.15, 0.2) is 6.33 Å². The molecule has 4 rings (SSSR count). The fourth-order valence-electron chi connectivity index (χ4n) is 3.20. The van der Waals surface area contributed by atoms with Crippen molar-refractivity contribution in [3.8, 4) is 0 Å². The third-order valence-corrected chi connectivity index (χ3v) is 5.65. The molecule has 1 aliphatic rings. The molecule has 0 radical (unpaired) electrons. The Balaban J connectivity index is 1.77. The minimum Gasteiger partial charge on any atom is -0.396 e. The monoisotopic (exact) mass is 345 g/mol. The van der Waals surface area contributed by atoms with Gasteiger partial charge in [-0.25, -0.2) is 14.5 Å². The van der Waals surface area contributed by atoms with Gasteiger partial charge in [0.25, 0.3) is 5.91 Å². The number of aliphatic hydroxyl groups excluding tert-OH is 1. The zero-order valence-electron chi connectivity index (χ0n) is 13.4. The van der Waals surface area contributed by atoms with Gasteiger partial charge >= 0.3 is 0 Å². The zero-order valence-corrected chi connectivity index (χ0v) is 14.3. The maximum absolute atomic E-state index is 12.2. The van der Waals surface area contributed by atoms with Crippen LogP contribution in [0.3, 0.4) is 0 Å². The summed E-state index contributed by atoms with van der Waals surface area (Å²) in [6.07, 6.45) is 5.47. The fraction of sp³-hybridized carbons (Fsp3) is 0.500. The molecule has 24 heavy (non-hydrogen) atoms. The number of aromatic nitrogens is 4. The molecule has 0 aliphatic heterocycles. The Labute approximate surface area is 142 Å². The highest BCUT2D eigenvalue weighted by atomic mass is 32.1. The minimum absolute atomic E-state index is 0.0443. The molecular formula is C16H19N5O2S. The Kier molecular flexibility index (Phi) is 3.93. The molecule has 3 heterocycles. The number of aliphatic hydroxyl groups is 1. The van der Waals surface area contributed by atoms with Gasteiger partial charge in [0.1, 0.15) is 11.2 Å². The maximum Gasteiger partial charge on any atom is 0.290 e. The van der Waals surface area contributed by atoms with Gasteiger partial charge in [-0.1, -0.05) is 6.92 Å². The second-order valence-electron chi connectivity index (χ2n) is 6.31. The number of hydrogen-bond acceptors (Lipinski definition) is 6. The van der Waals surface area contributed by atoms with E-state index < -0.39 is 0 Å². The normalized spacial score (nSPS) is 17.3. The van der Waals surface area contributed by atoms with E-state index >= 15 is 0 Å². The number of amides is 1. The summed E-state index contributed by atoms with van der Waals surface area (Å²) in [7, 11) is 0. The summed E-state index contributed by atoms with van der Waals surface area (Å²) in [5.74, 6) is 0.476. The molecule has 0 spiro atoms. The van der Waals surface area contributed by atoms with Crippen LogP contribution >= 0.6 is 11.3 Å². The summed E-state index contributed by atoms with van der Waals surface area (Å²) in [5, 5.41) is 16.8. The van der Waals surface area contributed by atoms with Crippen LogP contribution in [0.1, 0.15) is 40.8 Å². The van der Waals surface area contributed by atoms with Gasteiger partial charge in [-0.3, -0.25) is 4.79 Å². The first-order valence-electron chi connectivity index (χ1n) is 8.22. The number of carbonyl (C=O) groups excluding carboxylic acids is 1. The van der Waals surface area contributed by atoms with Gasteiger partial charge in [-0.2, -0.15) is 0 Å². The average molecular weight is 345 g/mol. The summed E-state index contributed by atoms with van der Waals surface area (Å²) in [4.78, 5) is 23.5. The van der Waals surface area contributed by atoms with E-state index in [-0.39, 0.29) is 18.3 Å². The van der Waals surface area contributed by atoms with Crippen LogP contribution in [0.2, 0.25) is 0 Å². The predicted octanol–water partition coefficient (Wildman–Crippen LogP) is 1.58. The molecule has 0 saturated heterocycles. The first-order valence-corrected chi connectivity index (χ1v) is 9.03. The third-order valence-electron chi connectivity index (χ3n) is 4.45. The lowest BCUT2D eigenvalue weighted by Crippen LogP contribution is -2.26. The first kappa shape index (κ1) is 15.5. The van der Waals surface area contributed by atoms with E-state index in [0.29, 0.717) is 24.5 Å². The zero-order chi connectivity index (χ0) is 16.7. The number of hydrogen-bond donors (Lipinski definition) is 2. The maximum atomic E-state index is 12.2. The number of aryl methyl sites for hydroxylation is 1. The van der Waals surface area contributed by atoms with Crippen LogP contribution in [0, 0.1) is 5.92 Å². The molecule has 0 saturated carbocycles. The molecule has 3 aromatic heterocycles. The molecule has 126 valence electrons. The molecule has 7 nitrogen and oxygen atoms in total. The molecule has 0 fully saturated rings. The van der Waals surface area contributed by atoms with Gasteiger partial charge in [-0.15, -0.1) is 16.4 Å². The lowest BCUT2D eigenvalue weighted by atomic mass is 9.89. The quantitative estimate of drug-likeness (QED) is 0.700. The van der Waals surface area contributed by atoms with Crippen molar-refractivity contribution >= 4 is 33.1 Å². The number of rotatable bonds is 4. The Morgan fingerprint density at radius 1 is 1.54 bits per heavy atom. The summed E-state index contributed by atoms with van der Waals surface area (Å²) >= 11 is 1.73. The molecular weight excluding hydrogens is 326 g/mol. The van der Waals surface area contributed by atoms with Gasteiger partial charge < -0.3 is 10.4 Å². The Morgan fingerprint density at radius 2 is 2.42 bits per heavy atom. The first-order chi connectivity index (χ1) is 11.7. The summed E-state index contributed by atoms with van der Waals surface area (Å²) < 4.78 is 1.59. The van der Waals surface area contributed by atoms with Crippen molar-refractivity contribution in [1.29, 1.82) is 0 Å². The smallest absolute Gasteiger partial charge is 0.290 e. The topological polar surface area (TPSA) is 92.4 Å². The van der Waals surface area contributed by atoms with E-state index in [2.05, 4.69) is 27.3 Å². The van der Waals surface area contributed by atoms with E-state index in [1.165, 1.54) is 16.9 Å². The highest BCUT2D eigenvalue weighted by molar-refractivity contribution is 7.19. The highest BCUT2D eigenvalue weighted by Crippen LogP contribution is 2.38. The predicted molar refractivity (Wildman–Crippen MR) is 91.4 cm³/mol. The van der Waals surface area contributed by atoms with Crippen LogP contribution < -0.4 is 5.32 Å². The minimum atomic E-state index is -0.322. The van der Waals surface area contributed by atoms with Crippen LogP contribution in [-0.4, -0.2) is 43.7 Å². The van der Waals surface area contributed by atoms with Crippen molar-refractivity contribution in [3.05, 3.63) is 22.6 Å². The molecule has 2 N–H and O–H groups in total. The summed E-state index contributed by atoms with van der Waals surface area (Å²) in [5.41, 5.74) is 2.03. The molecule has 0 bridgehead atoms. The van der Waals surface area contributed by atoms with Crippen molar-refractivity contribution in [3.63, 3.8) is 0 Å². The second kappa shape index (κ2) is 6.10. The van der Waals surface area contributed by atoms with Crippen molar-refractivity contribution in [2.24, 2.45) is 5.92 Å². The van der Waals surface area contributed by atoms with Gasteiger partial charge in [0.2, 0.25) is 5.82 Å². The summed E-state index contributed by atoms with van der Waals surface area (Å²) in [6.45, 7) is 2.72. The van der Waals surface area contributed by atoms with Crippen LogP contribution in [-0.2, 0) is 12.8 Å². The standard InChI is InChI=1S/C16H19N5O2S/c1-9-3-4-11-10(7-9)12-14-19-13(15(23)17-5-2-6-22)20-21(14)8-18-16(12)24-11/h8-9,22H,2-7H2,1H3,(H,17,23)/t9-/m0/s1. The van der Waals surface area contributed by atoms with Gasteiger partial charge in [0.05, 0.1) is 5.39 Å². The van der Waals surface area contributed by atoms with Crippen molar-refractivity contribution < 1.29 is 9.90 Å². The van der Waals surface area contributed by atoms with Crippen molar-refractivity contribution in [1.82, 2.24) is 24.9 Å². The van der Waals surface area contributed by atoms with E-state index in [1.54, 1.807) is 22.2 Å². The Hall–Kier alpha value is -2.06. The number of thiophene rings is 1. The Morgan fingerprint density at radius 3 is 3.25 bits per heavy atom. The second-order valence-corrected chi connectivity index (χ2v) is 7.40. The molecule has 8 heteroatoms. The lowest BCUT2D eigenvalue weighted by molar-refractivity contribution is 0.0941. The SMILES string of the molecule is C[C@H]1CCc2sc3ncn4nc(C(=O)NCCCO)nc4c3c2C1. The number of carbonyl (C=O) groups is 1. The van der Waals surface area contributed by atoms with Crippen LogP contribution in [0.5, 0.6) is 0 Å². The number of fused-ring (bicyclic) bond motifs is 5. The number of nitrogens with one attached hydrogen (secondary N) is 1. The number of nitrogens with zero attached hydrogens (tertiary/aromatic N) is 4.